The Morgan fingerprint density at radius 2 is 2.21 bits per heavy atom. The third-order valence-corrected chi connectivity index (χ3v) is 2.50. The molecule has 0 saturated carbocycles. The summed E-state index contributed by atoms with van der Waals surface area (Å²) in [5.41, 5.74) is 2.49. The molecule has 2 aromatic rings. The van der Waals surface area contributed by atoms with Gasteiger partial charge in [-0.15, -0.1) is 0 Å². The fourth-order valence-electron chi connectivity index (χ4n) is 1.72. The number of hydrogen-bond acceptors (Lipinski definition) is 1. The average Bonchev–Trinajstić information content (AvgIpc) is 2.62. The average molecular weight is 189 g/mol. The minimum atomic E-state index is -0.222. The molecule has 0 aliphatic rings. The third-order valence-electron chi connectivity index (χ3n) is 2.50. The normalized spacial score (nSPS) is 13.3. The number of nitrogens with one attached hydrogen (secondary N) is 1. The summed E-state index contributed by atoms with van der Waals surface area (Å²) < 4.78 is 0. The number of aliphatic hydroxyl groups is 1. The van der Waals surface area contributed by atoms with Crippen LogP contribution in [0.1, 0.15) is 18.9 Å². The molecule has 0 radical (unpaired) electrons. The summed E-state index contributed by atoms with van der Waals surface area (Å²) in [4.78, 5) is 3.23. The molecular weight excluding hydrogens is 174 g/mol. The van der Waals surface area contributed by atoms with Gasteiger partial charge in [0.1, 0.15) is 0 Å². The van der Waals surface area contributed by atoms with Crippen molar-refractivity contribution in [3.05, 3.63) is 36.0 Å². The zero-order chi connectivity index (χ0) is 9.97. The predicted molar refractivity (Wildman–Crippen MR) is 58.3 cm³/mol. The van der Waals surface area contributed by atoms with Gasteiger partial charge in [-0.05, 0) is 36.8 Å². The van der Waals surface area contributed by atoms with E-state index in [0.717, 1.165) is 12.8 Å². The number of benzene rings is 1. The Morgan fingerprint density at radius 1 is 1.36 bits per heavy atom. The number of aliphatic hydroxyl groups excluding tert-OH is 1. The van der Waals surface area contributed by atoms with E-state index in [-0.39, 0.29) is 6.10 Å². The molecule has 0 aliphatic carbocycles. The Hall–Kier alpha value is -1.28. The molecule has 2 rings (SSSR count). The Morgan fingerprint density at radius 3 is 3.00 bits per heavy atom. The Labute approximate surface area is 83.6 Å². The molecule has 0 fully saturated rings. The van der Waals surface area contributed by atoms with E-state index in [1.165, 1.54) is 16.5 Å². The molecule has 1 aromatic heterocycles. The van der Waals surface area contributed by atoms with Crippen LogP contribution in [-0.4, -0.2) is 16.2 Å². The minimum absolute atomic E-state index is 0.222. The van der Waals surface area contributed by atoms with Crippen LogP contribution in [0.4, 0.5) is 0 Å². The van der Waals surface area contributed by atoms with Gasteiger partial charge in [-0.3, -0.25) is 0 Å². The molecule has 2 heteroatoms. The molecule has 1 aromatic carbocycles. The van der Waals surface area contributed by atoms with Crippen molar-refractivity contribution in [3.8, 4) is 0 Å². The summed E-state index contributed by atoms with van der Waals surface area (Å²) >= 11 is 0. The van der Waals surface area contributed by atoms with Crippen LogP contribution in [0.15, 0.2) is 30.5 Å². The topological polar surface area (TPSA) is 36.0 Å². The van der Waals surface area contributed by atoms with E-state index in [4.69, 9.17) is 0 Å². The number of fused-ring (bicyclic) bond motifs is 1. The smallest absolute Gasteiger partial charge is 0.0515 e. The second-order valence-corrected chi connectivity index (χ2v) is 3.75. The number of rotatable bonds is 3. The number of aromatic amines is 1. The summed E-state index contributed by atoms with van der Waals surface area (Å²) in [6, 6.07) is 8.34. The largest absolute Gasteiger partial charge is 0.393 e. The summed E-state index contributed by atoms with van der Waals surface area (Å²) in [5.74, 6) is 0. The highest BCUT2D eigenvalue weighted by Crippen LogP contribution is 2.18. The fourth-order valence-corrected chi connectivity index (χ4v) is 1.72. The molecule has 2 N–H and O–H groups in total. The molecule has 14 heavy (non-hydrogen) atoms. The maximum absolute atomic E-state index is 9.23. The zero-order valence-corrected chi connectivity index (χ0v) is 8.33. The highest BCUT2D eigenvalue weighted by molar-refractivity contribution is 5.82. The van der Waals surface area contributed by atoms with Crippen LogP contribution in [0, 0.1) is 0 Å². The molecule has 1 atom stereocenters. The SMILES string of the molecule is CC(O)CCc1cccc2cc[nH]c12. The lowest BCUT2D eigenvalue weighted by Gasteiger charge is -2.05. The lowest BCUT2D eigenvalue weighted by atomic mass is 10.1. The molecule has 0 amide bonds. The number of hydrogen-bond donors (Lipinski definition) is 2. The van der Waals surface area contributed by atoms with Crippen molar-refractivity contribution < 1.29 is 5.11 Å². The molecule has 1 heterocycles. The van der Waals surface area contributed by atoms with Gasteiger partial charge in [0.25, 0.3) is 0 Å². The molecule has 0 spiro atoms. The first kappa shape index (κ1) is 9.28. The van der Waals surface area contributed by atoms with E-state index in [1.807, 2.05) is 13.1 Å². The molecule has 1 unspecified atom stereocenters. The van der Waals surface area contributed by atoms with Crippen molar-refractivity contribution in [1.82, 2.24) is 4.98 Å². The van der Waals surface area contributed by atoms with Crippen molar-refractivity contribution in [2.24, 2.45) is 0 Å². The van der Waals surface area contributed by atoms with Crippen molar-refractivity contribution in [2.75, 3.05) is 0 Å². The van der Waals surface area contributed by atoms with Crippen molar-refractivity contribution in [3.63, 3.8) is 0 Å². The van der Waals surface area contributed by atoms with Gasteiger partial charge in [-0.25, -0.2) is 0 Å². The van der Waals surface area contributed by atoms with E-state index >= 15 is 0 Å². The van der Waals surface area contributed by atoms with Crippen molar-refractivity contribution in [1.29, 1.82) is 0 Å². The summed E-state index contributed by atoms with van der Waals surface area (Å²) in [6.07, 6.45) is 3.48. The van der Waals surface area contributed by atoms with Gasteiger partial charge in [0.2, 0.25) is 0 Å². The maximum Gasteiger partial charge on any atom is 0.0515 e. The highest BCUT2D eigenvalue weighted by atomic mass is 16.3. The van der Waals surface area contributed by atoms with Gasteiger partial charge in [-0.2, -0.15) is 0 Å². The van der Waals surface area contributed by atoms with Crippen LogP contribution in [0.3, 0.4) is 0 Å². The van der Waals surface area contributed by atoms with Gasteiger partial charge in [0, 0.05) is 11.7 Å². The number of aromatic nitrogens is 1. The first-order chi connectivity index (χ1) is 6.77. The quantitative estimate of drug-likeness (QED) is 0.764. The summed E-state index contributed by atoms with van der Waals surface area (Å²) in [6.45, 7) is 1.83. The van der Waals surface area contributed by atoms with E-state index in [1.54, 1.807) is 0 Å². The van der Waals surface area contributed by atoms with E-state index in [9.17, 15) is 5.11 Å². The lowest BCUT2D eigenvalue weighted by Crippen LogP contribution is -2.01. The second kappa shape index (κ2) is 3.84. The van der Waals surface area contributed by atoms with Crippen LogP contribution < -0.4 is 0 Å². The van der Waals surface area contributed by atoms with Crippen LogP contribution in [0.2, 0.25) is 0 Å². The van der Waals surface area contributed by atoms with Crippen LogP contribution in [0.25, 0.3) is 10.9 Å². The fraction of sp³-hybridized carbons (Fsp3) is 0.333. The lowest BCUT2D eigenvalue weighted by molar-refractivity contribution is 0.185. The number of para-hydroxylation sites is 1. The number of H-pyrrole nitrogens is 1. The Balaban J connectivity index is 2.27. The van der Waals surface area contributed by atoms with Gasteiger partial charge in [-0.1, -0.05) is 18.2 Å². The number of aryl methyl sites for hydroxylation is 1. The second-order valence-electron chi connectivity index (χ2n) is 3.75. The van der Waals surface area contributed by atoms with Crippen LogP contribution >= 0.6 is 0 Å². The summed E-state index contributed by atoms with van der Waals surface area (Å²) in [7, 11) is 0. The highest BCUT2D eigenvalue weighted by Gasteiger charge is 2.03. The van der Waals surface area contributed by atoms with Crippen molar-refractivity contribution >= 4 is 10.9 Å². The van der Waals surface area contributed by atoms with Gasteiger partial charge < -0.3 is 10.1 Å². The summed E-state index contributed by atoms with van der Waals surface area (Å²) in [5, 5.41) is 10.5. The van der Waals surface area contributed by atoms with Gasteiger partial charge >= 0.3 is 0 Å². The van der Waals surface area contributed by atoms with Gasteiger partial charge in [0.05, 0.1) is 6.10 Å². The van der Waals surface area contributed by atoms with E-state index < -0.39 is 0 Å². The van der Waals surface area contributed by atoms with Crippen molar-refractivity contribution in [2.45, 2.75) is 25.9 Å². The van der Waals surface area contributed by atoms with E-state index in [2.05, 4.69) is 29.2 Å². The Bertz CT molecular complexity index is 417. The molecule has 0 bridgehead atoms. The maximum atomic E-state index is 9.23. The molecule has 2 nitrogen and oxygen atoms in total. The van der Waals surface area contributed by atoms with Crippen LogP contribution in [0.5, 0.6) is 0 Å². The predicted octanol–water partition coefficient (Wildman–Crippen LogP) is 2.48. The molecule has 0 saturated heterocycles. The first-order valence-corrected chi connectivity index (χ1v) is 5.00. The van der Waals surface area contributed by atoms with Crippen LogP contribution in [-0.2, 0) is 6.42 Å². The Kier molecular flexibility index (Phi) is 2.55. The zero-order valence-electron chi connectivity index (χ0n) is 8.33. The van der Waals surface area contributed by atoms with Gasteiger partial charge in [0.15, 0.2) is 0 Å². The molecular formula is C12H15NO. The van der Waals surface area contributed by atoms with E-state index in [0.29, 0.717) is 0 Å². The minimum Gasteiger partial charge on any atom is -0.393 e. The monoisotopic (exact) mass is 189 g/mol. The third kappa shape index (κ3) is 1.80. The first-order valence-electron chi connectivity index (χ1n) is 5.00. The standard InChI is InChI=1S/C12H15NO/c1-9(14)5-6-10-3-2-4-11-7-8-13-12(10)11/h2-4,7-9,13-14H,5-6H2,1H3. The molecule has 74 valence electrons. The molecule has 0 aliphatic heterocycles.